The molecular weight excluding hydrogens is 404 g/mol. The Hall–Kier alpha value is -3.52. The first-order chi connectivity index (χ1) is 16.0. The van der Waals surface area contributed by atoms with Crippen LogP contribution in [0.5, 0.6) is 23.0 Å². The Morgan fingerprint density at radius 1 is 0.515 bits per heavy atom. The highest BCUT2D eigenvalue weighted by Crippen LogP contribution is 2.38. The third-order valence-corrected chi connectivity index (χ3v) is 6.25. The van der Waals surface area contributed by atoms with Crippen LogP contribution in [0.15, 0.2) is 97.1 Å². The van der Waals surface area contributed by atoms with Crippen LogP contribution < -0.4 is 9.47 Å². The number of ether oxygens (including phenoxy) is 2. The summed E-state index contributed by atoms with van der Waals surface area (Å²) in [7, 11) is 0. The Labute approximate surface area is 197 Å². The van der Waals surface area contributed by atoms with Crippen molar-refractivity contribution >= 4 is 0 Å². The van der Waals surface area contributed by atoms with Crippen molar-refractivity contribution in [3.05, 3.63) is 119 Å². The van der Waals surface area contributed by atoms with E-state index in [2.05, 4.69) is 100 Å². The fourth-order valence-corrected chi connectivity index (χ4v) is 4.22. The van der Waals surface area contributed by atoms with Gasteiger partial charge < -0.3 is 9.47 Å². The lowest BCUT2D eigenvalue weighted by Gasteiger charge is -2.31. The highest BCUT2D eigenvalue weighted by Gasteiger charge is 2.28. The van der Waals surface area contributed by atoms with E-state index >= 15 is 0 Å². The molecule has 0 bridgehead atoms. The van der Waals surface area contributed by atoms with Gasteiger partial charge >= 0.3 is 0 Å². The molecule has 0 atom stereocenters. The van der Waals surface area contributed by atoms with Crippen molar-refractivity contribution in [3.8, 4) is 23.0 Å². The smallest absolute Gasteiger partial charge is 0.127 e. The first-order valence-electron chi connectivity index (χ1n) is 11.7. The Kier molecular flexibility index (Phi) is 6.84. The summed E-state index contributed by atoms with van der Waals surface area (Å²) < 4.78 is 12.1. The maximum atomic E-state index is 6.03. The van der Waals surface area contributed by atoms with Gasteiger partial charge in [-0.3, -0.25) is 0 Å². The van der Waals surface area contributed by atoms with E-state index < -0.39 is 0 Å². The van der Waals surface area contributed by atoms with E-state index in [9.17, 15) is 0 Å². The van der Waals surface area contributed by atoms with E-state index in [1.807, 2.05) is 24.3 Å². The fraction of sp³-hybridized carbons (Fsp3) is 0.226. The van der Waals surface area contributed by atoms with Gasteiger partial charge in [-0.05, 0) is 79.9 Å². The van der Waals surface area contributed by atoms with Gasteiger partial charge in [0.05, 0.1) is 0 Å². The van der Waals surface area contributed by atoms with Crippen LogP contribution in [0.3, 0.4) is 0 Å². The van der Waals surface area contributed by atoms with E-state index in [0.717, 1.165) is 35.8 Å². The molecule has 168 valence electrons. The van der Waals surface area contributed by atoms with Crippen LogP contribution in [0.1, 0.15) is 48.9 Å². The molecule has 0 radical (unpaired) electrons. The van der Waals surface area contributed by atoms with Crippen molar-refractivity contribution in [3.63, 3.8) is 0 Å². The van der Waals surface area contributed by atoms with Crippen LogP contribution in [-0.2, 0) is 5.41 Å². The molecule has 0 saturated carbocycles. The van der Waals surface area contributed by atoms with Gasteiger partial charge in [0, 0.05) is 5.41 Å². The second-order valence-corrected chi connectivity index (χ2v) is 8.96. The average Bonchev–Trinajstić information content (AvgIpc) is 2.83. The van der Waals surface area contributed by atoms with E-state index in [-0.39, 0.29) is 5.41 Å². The molecule has 0 aliphatic heterocycles. The highest BCUT2D eigenvalue weighted by atomic mass is 16.5. The fourth-order valence-electron chi connectivity index (χ4n) is 4.22. The molecule has 0 amide bonds. The summed E-state index contributed by atoms with van der Waals surface area (Å²) in [5.74, 6) is 3.41. The summed E-state index contributed by atoms with van der Waals surface area (Å²) >= 11 is 0. The van der Waals surface area contributed by atoms with Crippen molar-refractivity contribution in [2.45, 2.75) is 46.0 Å². The SMILES string of the molecule is CCCC(C)(c1ccc(Oc2ccc(C)cc2)cc1)c1ccc(Oc2ccc(C)cc2)cc1. The lowest BCUT2D eigenvalue weighted by atomic mass is 9.73. The minimum Gasteiger partial charge on any atom is -0.457 e. The van der Waals surface area contributed by atoms with Gasteiger partial charge in [0.25, 0.3) is 0 Å². The quantitative estimate of drug-likeness (QED) is 0.274. The van der Waals surface area contributed by atoms with Crippen molar-refractivity contribution < 1.29 is 9.47 Å². The predicted molar refractivity (Wildman–Crippen MR) is 137 cm³/mol. The molecule has 0 fully saturated rings. The summed E-state index contributed by atoms with van der Waals surface area (Å²) in [4.78, 5) is 0. The normalized spacial score (nSPS) is 11.3. The van der Waals surface area contributed by atoms with Gasteiger partial charge in [0.1, 0.15) is 23.0 Å². The van der Waals surface area contributed by atoms with Gasteiger partial charge in [-0.25, -0.2) is 0 Å². The molecule has 0 spiro atoms. The maximum Gasteiger partial charge on any atom is 0.127 e. The van der Waals surface area contributed by atoms with Gasteiger partial charge in [-0.1, -0.05) is 79.9 Å². The molecule has 2 nitrogen and oxygen atoms in total. The lowest BCUT2D eigenvalue weighted by Crippen LogP contribution is -2.23. The Balaban J connectivity index is 1.53. The van der Waals surface area contributed by atoms with Crippen LogP contribution in [0.2, 0.25) is 0 Å². The van der Waals surface area contributed by atoms with Crippen molar-refractivity contribution in [1.29, 1.82) is 0 Å². The highest BCUT2D eigenvalue weighted by molar-refractivity contribution is 5.44. The zero-order valence-corrected chi connectivity index (χ0v) is 20.0. The predicted octanol–water partition coefficient (Wildman–Crippen LogP) is 8.99. The summed E-state index contributed by atoms with van der Waals surface area (Å²) in [5, 5.41) is 0. The Bertz CT molecular complexity index is 1060. The monoisotopic (exact) mass is 436 g/mol. The minimum atomic E-state index is -0.0838. The zero-order chi connectivity index (χ0) is 23.3. The molecule has 0 aliphatic rings. The molecule has 2 heteroatoms. The van der Waals surface area contributed by atoms with Gasteiger partial charge in [-0.15, -0.1) is 0 Å². The molecule has 0 heterocycles. The molecule has 33 heavy (non-hydrogen) atoms. The number of aryl methyl sites for hydroxylation is 2. The number of hydrogen-bond acceptors (Lipinski definition) is 2. The molecule has 4 aromatic rings. The van der Waals surface area contributed by atoms with Crippen LogP contribution in [-0.4, -0.2) is 0 Å². The largest absolute Gasteiger partial charge is 0.457 e. The third kappa shape index (κ3) is 5.46. The molecule has 4 aromatic carbocycles. The van der Waals surface area contributed by atoms with Crippen LogP contribution in [0.25, 0.3) is 0 Å². The van der Waals surface area contributed by atoms with Gasteiger partial charge in [0.15, 0.2) is 0 Å². The van der Waals surface area contributed by atoms with Crippen molar-refractivity contribution in [2.75, 3.05) is 0 Å². The average molecular weight is 437 g/mol. The molecule has 0 saturated heterocycles. The van der Waals surface area contributed by atoms with E-state index in [0.29, 0.717) is 0 Å². The summed E-state index contributed by atoms with van der Waals surface area (Å²) in [6.45, 7) is 8.72. The molecular formula is C31H32O2. The Morgan fingerprint density at radius 3 is 1.12 bits per heavy atom. The van der Waals surface area contributed by atoms with E-state index in [1.165, 1.54) is 22.3 Å². The van der Waals surface area contributed by atoms with E-state index in [4.69, 9.17) is 9.47 Å². The first-order valence-corrected chi connectivity index (χ1v) is 11.7. The standard InChI is InChI=1S/C31H32O2/c1-5-22-31(4,25-10-18-29(19-11-25)32-27-14-6-23(2)7-15-27)26-12-20-30(21-13-26)33-28-16-8-24(3)9-17-28/h6-21H,5,22H2,1-4H3. The summed E-state index contributed by atoms with van der Waals surface area (Å²) in [5.41, 5.74) is 4.94. The van der Waals surface area contributed by atoms with Crippen LogP contribution in [0, 0.1) is 13.8 Å². The maximum absolute atomic E-state index is 6.03. The Morgan fingerprint density at radius 2 is 0.818 bits per heavy atom. The summed E-state index contributed by atoms with van der Waals surface area (Å²) in [6.07, 6.45) is 2.16. The zero-order valence-electron chi connectivity index (χ0n) is 20.0. The van der Waals surface area contributed by atoms with Crippen molar-refractivity contribution in [1.82, 2.24) is 0 Å². The topological polar surface area (TPSA) is 18.5 Å². The van der Waals surface area contributed by atoms with Gasteiger partial charge in [0.2, 0.25) is 0 Å². The second-order valence-electron chi connectivity index (χ2n) is 8.96. The van der Waals surface area contributed by atoms with Gasteiger partial charge in [-0.2, -0.15) is 0 Å². The molecule has 4 rings (SSSR count). The molecule has 0 aliphatic carbocycles. The van der Waals surface area contributed by atoms with Crippen LogP contribution >= 0.6 is 0 Å². The van der Waals surface area contributed by atoms with Crippen molar-refractivity contribution in [2.24, 2.45) is 0 Å². The molecule has 0 aromatic heterocycles. The summed E-state index contributed by atoms with van der Waals surface area (Å²) in [6, 6.07) is 33.3. The first kappa shape index (κ1) is 22.7. The third-order valence-electron chi connectivity index (χ3n) is 6.25. The van der Waals surface area contributed by atoms with Crippen LogP contribution in [0.4, 0.5) is 0 Å². The van der Waals surface area contributed by atoms with E-state index in [1.54, 1.807) is 0 Å². The lowest BCUT2D eigenvalue weighted by molar-refractivity contribution is 0.476. The minimum absolute atomic E-state index is 0.0838. The number of benzene rings is 4. The second kappa shape index (κ2) is 9.95. The molecule has 0 N–H and O–H groups in total. The number of hydrogen-bond donors (Lipinski definition) is 0. The number of rotatable bonds is 8. The molecule has 0 unspecified atom stereocenters.